The van der Waals surface area contributed by atoms with Crippen molar-refractivity contribution in [2.24, 2.45) is 0 Å². The molecule has 1 saturated heterocycles. The van der Waals surface area contributed by atoms with Crippen molar-refractivity contribution in [2.75, 3.05) is 38.0 Å². The number of esters is 1. The van der Waals surface area contributed by atoms with Gasteiger partial charge in [-0.25, -0.2) is 14.8 Å². The van der Waals surface area contributed by atoms with Crippen molar-refractivity contribution in [1.29, 1.82) is 0 Å². The molecule has 206 valence electrons. The highest BCUT2D eigenvalue weighted by Gasteiger charge is 2.38. The van der Waals surface area contributed by atoms with Crippen molar-refractivity contribution in [2.45, 2.75) is 79.1 Å². The number of nitrogens with one attached hydrogen (secondary N) is 1. The summed E-state index contributed by atoms with van der Waals surface area (Å²) in [6, 6.07) is -1.10. The van der Waals surface area contributed by atoms with Crippen LogP contribution >= 0.6 is 15.9 Å². The first-order valence-electron chi connectivity index (χ1n) is 12.3. The van der Waals surface area contributed by atoms with Gasteiger partial charge in [0.05, 0.1) is 5.69 Å². The minimum atomic E-state index is -1.10. The average molecular weight is 585 g/mol. The molecule has 1 aliphatic rings. The normalized spacial score (nSPS) is 15.6. The zero-order valence-electron chi connectivity index (χ0n) is 22.9. The van der Waals surface area contributed by atoms with Gasteiger partial charge in [0.2, 0.25) is 5.78 Å². The average Bonchev–Trinajstić information content (AvgIpc) is 2.77. The number of hydrogen-bond donors (Lipinski definition) is 1. The van der Waals surface area contributed by atoms with Crippen LogP contribution in [0, 0.1) is 6.92 Å². The largest absolute Gasteiger partial charge is 0.459 e. The highest BCUT2D eigenvalue weighted by atomic mass is 79.9. The first kappa shape index (κ1) is 30.6. The van der Waals surface area contributed by atoms with E-state index >= 15 is 0 Å². The third-order valence-corrected chi connectivity index (χ3v) is 6.05. The van der Waals surface area contributed by atoms with Gasteiger partial charge in [-0.1, -0.05) is 6.92 Å². The molecule has 1 unspecified atom stereocenters. The molecular formula is C25H38BrN5O6. The summed E-state index contributed by atoms with van der Waals surface area (Å²) in [4.78, 5) is 63.5. The Morgan fingerprint density at radius 3 is 2.05 bits per heavy atom. The van der Waals surface area contributed by atoms with E-state index in [0.717, 1.165) is 0 Å². The molecule has 11 nitrogen and oxygen atoms in total. The molecule has 2 heterocycles. The lowest BCUT2D eigenvalue weighted by molar-refractivity contribution is -0.152. The van der Waals surface area contributed by atoms with E-state index in [2.05, 4.69) is 31.2 Å². The second kappa shape index (κ2) is 12.3. The quantitative estimate of drug-likeness (QED) is 0.276. The minimum absolute atomic E-state index is 0.0533. The Morgan fingerprint density at radius 2 is 1.54 bits per heavy atom. The number of halogens is 1. The summed E-state index contributed by atoms with van der Waals surface area (Å²) >= 11 is 3.31. The second-order valence-corrected chi connectivity index (χ2v) is 11.6. The first-order chi connectivity index (χ1) is 17.0. The molecular weight excluding hydrogens is 546 g/mol. The number of hydrogen-bond acceptors (Lipinski definition) is 10. The van der Waals surface area contributed by atoms with Gasteiger partial charge in [0.25, 0.3) is 0 Å². The Hall–Kier alpha value is -2.60. The van der Waals surface area contributed by atoms with E-state index in [4.69, 9.17) is 9.47 Å². The van der Waals surface area contributed by atoms with Crippen molar-refractivity contribution in [3.8, 4) is 0 Å². The lowest BCUT2D eigenvalue weighted by Crippen LogP contribution is -2.57. The third-order valence-electron chi connectivity index (χ3n) is 5.30. The monoisotopic (exact) mass is 583 g/mol. The van der Waals surface area contributed by atoms with Gasteiger partial charge in [-0.05, 0) is 64.4 Å². The Balaban J connectivity index is 2.26. The molecule has 1 atom stereocenters. The van der Waals surface area contributed by atoms with Crippen LogP contribution in [0.4, 0.5) is 10.6 Å². The number of nitrogens with zero attached hydrogens (tertiary/aromatic N) is 4. The topological polar surface area (TPSA) is 131 Å². The molecule has 1 N–H and O–H groups in total. The fraction of sp³-hybridized carbons (Fsp3) is 0.680. The van der Waals surface area contributed by atoms with E-state index in [-0.39, 0.29) is 30.3 Å². The van der Waals surface area contributed by atoms with Crippen LogP contribution in [0.25, 0.3) is 0 Å². The van der Waals surface area contributed by atoms with Crippen LogP contribution < -0.4 is 5.32 Å². The maximum atomic E-state index is 13.8. The van der Waals surface area contributed by atoms with E-state index in [1.54, 1.807) is 65.2 Å². The van der Waals surface area contributed by atoms with Crippen molar-refractivity contribution >= 4 is 45.4 Å². The SMILES string of the molecule is CCC(=O)C(C(=O)c1nc(Br)c(C)nc1NCC(=O)OC(C)(C)C)N1CCN(C(=O)OC(C)(C)C)CC1. The van der Waals surface area contributed by atoms with Crippen molar-refractivity contribution < 1.29 is 28.7 Å². The van der Waals surface area contributed by atoms with Crippen LogP contribution in [0.2, 0.25) is 0 Å². The van der Waals surface area contributed by atoms with E-state index in [1.165, 1.54) is 0 Å². The molecule has 12 heteroatoms. The highest BCUT2D eigenvalue weighted by molar-refractivity contribution is 9.10. The predicted molar refractivity (Wildman–Crippen MR) is 142 cm³/mol. The molecule has 0 spiro atoms. The number of ketones is 2. The molecule has 1 fully saturated rings. The summed E-state index contributed by atoms with van der Waals surface area (Å²) in [7, 11) is 0. The summed E-state index contributed by atoms with van der Waals surface area (Å²) in [5.41, 5.74) is -0.834. The number of Topliss-reactive ketones (excluding diaryl/α,β-unsaturated/α-hetero) is 2. The predicted octanol–water partition coefficient (Wildman–Crippen LogP) is 3.38. The van der Waals surface area contributed by atoms with E-state index in [9.17, 15) is 19.2 Å². The number of piperazine rings is 1. The number of rotatable bonds is 8. The fourth-order valence-electron chi connectivity index (χ4n) is 3.66. The van der Waals surface area contributed by atoms with Crippen LogP contribution in [0.3, 0.4) is 0 Å². The number of aryl methyl sites for hydroxylation is 1. The molecule has 1 amide bonds. The maximum absolute atomic E-state index is 13.8. The fourth-order valence-corrected chi connectivity index (χ4v) is 3.92. The van der Waals surface area contributed by atoms with Crippen LogP contribution in [-0.2, 0) is 19.1 Å². The van der Waals surface area contributed by atoms with Crippen LogP contribution in [0.5, 0.6) is 0 Å². The smallest absolute Gasteiger partial charge is 0.410 e. The summed E-state index contributed by atoms with van der Waals surface area (Å²) in [6.45, 7) is 15.1. The Bertz CT molecular complexity index is 1030. The van der Waals surface area contributed by atoms with Crippen LogP contribution in [0.1, 0.15) is 71.1 Å². The molecule has 1 aliphatic heterocycles. The number of carbonyl (C=O) groups excluding carboxylic acids is 4. The van der Waals surface area contributed by atoms with Gasteiger partial charge in [0.15, 0.2) is 17.3 Å². The maximum Gasteiger partial charge on any atom is 0.410 e. The third kappa shape index (κ3) is 9.03. The molecule has 0 aliphatic carbocycles. The summed E-state index contributed by atoms with van der Waals surface area (Å²) in [5, 5.41) is 2.85. The zero-order chi connectivity index (χ0) is 28.1. The molecule has 0 aromatic carbocycles. The van der Waals surface area contributed by atoms with Crippen LogP contribution in [0.15, 0.2) is 4.60 Å². The van der Waals surface area contributed by atoms with Gasteiger partial charge >= 0.3 is 12.1 Å². The van der Waals surface area contributed by atoms with Crippen LogP contribution in [-0.4, -0.2) is 93.4 Å². The molecule has 2 rings (SSSR count). The summed E-state index contributed by atoms with van der Waals surface area (Å²) < 4.78 is 11.1. The zero-order valence-corrected chi connectivity index (χ0v) is 24.5. The van der Waals surface area contributed by atoms with Gasteiger partial charge in [-0.3, -0.25) is 19.3 Å². The van der Waals surface area contributed by atoms with Gasteiger partial charge in [0, 0.05) is 32.6 Å². The van der Waals surface area contributed by atoms with Gasteiger partial charge in [-0.2, -0.15) is 0 Å². The van der Waals surface area contributed by atoms with Gasteiger partial charge < -0.3 is 19.7 Å². The van der Waals surface area contributed by atoms with Gasteiger partial charge in [0.1, 0.15) is 28.4 Å². The summed E-state index contributed by atoms with van der Waals surface area (Å²) in [6.07, 6.45) is -0.289. The molecule has 0 saturated carbocycles. The lowest BCUT2D eigenvalue weighted by Gasteiger charge is -2.38. The first-order valence-corrected chi connectivity index (χ1v) is 13.1. The molecule has 37 heavy (non-hydrogen) atoms. The number of ether oxygens (including phenoxy) is 2. The molecule has 0 bridgehead atoms. The van der Waals surface area contributed by atoms with Crippen molar-refractivity contribution in [3.63, 3.8) is 0 Å². The van der Waals surface area contributed by atoms with Crippen molar-refractivity contribution in [3.05, 3.63) is 16.0 Å². The Morgan fingerprint density at radius 1 is 0.973 bits per heavy atom. The molecule has 1 aromatic heterocycles. The standard InChI is InChI=1S/C25H38BrN5O6/c1-9-16(32)19(30-10-12-31(13-11-30)23(35)37-25(6,7)8)20(34)18-22(28-15(2)21(26)29-18)27-14-17(33)36-24(3,4)5/h19H,9-14H2,1-8H3,(H,27,28). The summed E-state index contributed by atoms with van der Waals surface area (Å²) in [5.74, 6) is -1.23. The lowest BCUT2D eigenvalue weighted by atomic mass is 10.00. The van der Waals surface area contributed by atoms with Crippen molar-refractivity contribution in [1.82, 2.24) is 19.8 Å². The molecule has 1 aromatic rings. The van der Waals surface area contributed by atoms with E-state index < -0.39 is 35.1 Å². The number of aromatic nitrogens is 2. The number of carbonyl (C=O) groups is 4. The number of amides is 1. The van der Waals surface area contributed by atoms with E-state index in [1.807, 2.05) is 0 Å². The second-order valence-electron chi connectivity index (χ2n) is 10.8. The Labute approximate surface area is 226 Å². The van der Waals surface area contributed by atoms with E-state index in [0.29, 0.717) is 36.5 Å². The highest BCUT2D eigenvalue weighted by Crippen LogP contribution is 2.23. The molecule has 0 radical (unpaired) electrons. The van der Waals surface area contributed by atoms with Gasteiger partial charge in [-0.15, -0.1) is 0 Å². The number of anilines is 1. The minimum Gasteiger partial charge on any atom is -0.459 e. The Kier molecular flexibility index (Phi) is 10.2.